The molecule has 0 atom stereocenters. The molecule has 0 spiro atoms. The van der Waals surface area contributed by atoms with Crippen LogP contribution in [0.3, 0.4) is 0 Å². The Kier molecular flexibility index (Phi) is 4.29. The van der Waals surface area contributed by atoms with E-state index in [1.54, 1.807) is 24.3 Å². The lowest BCUT2D eigenvalue weighted by Gasteiger charge is -2.09. The van der Waals surface area contributed by atoms with E-state index in [1.807, 2.05) is 0 Å². The third-order valence-corrected chi connectivity index (χ3v) is 3.42. The molecule has 2 aromatic rings. The molecule has 0 N–H and O–H groups in total. The lowest BCUT2D eigenvalue weighted by Crippen LogP contribution is -2.05. The summed E-state index contributed by atoms with van der Waals surface area (Å²) in [6.07, 6.45) is 1.54. The van der Waals surface area contributed by atoms with Crippen LogP contribution in [0.4, 0.5) is 4.39 Å². The van der Waals surface area contributed by atoms with E-state index < -0.39 is 11.8 Å². The van der Waals surface area contributed by atoms with Crippen LogP contribution >= 0.6 is 0 Å². The maximum Gasteiger partial charge on any atom is 0.363 e. The summed E-state index contributed by atoms with van der Waals surface area (Å²) in [6.45, 7) is 0. The third-order valence-electron chi connectivity index (χ3n) is 3.42. The summed E-state index contributed by atoms with van der Waals surface area (Å²) >= 11 is 0. The zero-order chi connectivity index (χ0) is 17.1. The van der Waals surface area contributed by atoms with Gasteiger partial charge in [-0.2, -0.15) is 0 Å². The largest absolute Gasteiger partial charge is 0.493 e. The smallest absolute Gasteiger partial charge is 0.363 e. The number of carbonyl (C=O) groups excluding carboxylic acids is 1. The van der Waals surface area contributed by atoms with E-state index in [2.05, 4.69) is 4.99 Å². The van der Waals surface area contributed by atoms with E-state index >= 15 is 0 Å². The maximum absolute atomic E-state index is 13.3. The van der Waals surface area contributed by atoms with Crippen molar-refractivity contribution in [3.05, 3.63) is 65.1 Å². The zero-order valence-electron chi connectivity index (χ0n) is 13.1. The molecule has 0 bridgehead atoms. The fourth-order valence-electron chi connectivity index (χ4n) is 2.33. The van der Waals surface area contributed by atoms with E-state index in [9.17, 15) is 9.18 Å². The number of hydrogen-bond acceptors (Lipinski definition) is 5. The first-order chi connectivity index (χ1) is 11.6. The van der Waals surface area contributed by atoms with Gasteiger partial charge in [0, 0.05) is 11.1 Å². The van der Waals surface area contributed by atoms with Crippen molar-refractivity contribution in [2.24, 2.45) is 4.99 Å². The molecule has 1 aliphatic rings. The van der Waals surface area contributed by atoms with Gasteiger partial charge in [-0.1, -0.05) is 18.2 Å². The molecule has 122 valence electrons. The SMILES string of the molecule is COc1cccc(/C=C2/N=C(c3cccc(F)c3)OC2=O)c1OC. The highest BCUT2D eigenvalue weighted by Crippen LogP contribution is 2.33. The van der Waals surface area contributed by atoms with Crippen molar-refractivity contribution in [1.82, 2.24) is 0 Å². The first kappa shape index (κ1) is 15.7. The predicted octanol–water partition coefficient (Wildman–Crippen LogP) is 3.19. The van der Waals surface area contributed by atoms with Gasteiger partial charge in [-0.05, 0) is 30.3 Å². The monoisotopic (exact) mass is 327 g/mol. The van der Waals surface area contributed by atoms with E-state index in [4.69, 9.17) is 14.2 Å². The predicted molar refractivity (Wildman–Crippen MR) is 86.6 cm³/mol. The summed E-state index contributed by atoms with van der Waals surface area (Å²) in [6, 6.07) is 11.0. The summed E-state index contributed by atoms with van der Waals surface area (Å²) in [5.41, 5.74) is 1.11. The number of hydrogen-bond donors (Lipinski definition) is 0. The van der Waals surface area contributed by atoms with Gasteiger partial charge in [0.1, 0.15) is 5.82 Å². The van der Waals surface area contributed by atoms with E-state index in [-0.39, 0.29) is 11.6 Å². The minimum atomic E-state index is -0.612. The second kappa shape index (κ2) is 6.54. The van der Waals surface area contributed by atoms with Gasteiger partial charge in [0.05, 0.1) is 14.2 Å². The molecular formula is C18H14FNO4. The maximum atomic E-state index is 13.3. The van der Waals surface area contributed by atoms with Gasteiger partial charge >= 0.3 is 5.97 Å². The fourth-order valence-corrected chi connectivity index (χ4v) is 2.33. The molecule has 5 nitrogen and oxygen atoms in total. The summed E-state index contributed by atoms with van der Waals surface area (Å²) in [5, 5.41) is 0. The lowest BCUT2D eigenvalue weighted by molar-refractivity contribution is -0.129. The van der Waals surface area contributed by atoms with Crippen LogP contribution in [0.5, 0.6) is 11.5 Å². The Morgan fingerprint density at radius 1 is 1.12 bits per heavy atom. The highest BCUT2D eigenvalue weighted by molar-refractivity contribution is 6.13. The van der Waals surface area contributed by atoms with Gasteiger partial charge < -0.3 is 14.2 Å². The molecule has 0 saturated heterocycles. The van der Waals surface area contributed by atoms with E-state index in [1.165, 1.54) is 38.5 Å². The molecule has 2 aromatic carbocycles. The third kappa shape index (κ3) is 2.99. The Bertz CT molecular complexity index is 858. The second-order valence-electron chi connectivity index (χ2n) is 4.93. The van der Waals surface area contributed by atoms with Gasteiger partial charge in [0.25, 0.3) is 0 Å². The van der Waals surface area contributed by atoms with Gasteiger partial charge in [0.15, 0.2) is 17.2 Å². The molecule has 0 amide bonds. The number of methoxy groups -OCH3 is 2. The van der Waals surface area contributed by atoms with Crippen molar-refractivity contribution in [2.45, 2.75) is 0 Å². The Balaban J connectivity index is 2.01. The molecule has 1 heterocycles. The Morgan fingerprint density at radius 2 is 1.92 bits per heavy atom. The number of nitrogens with zero attached hydrogens (tertiary/aromatic N) is 1. The first-order valence-corrected chi connectivity index (χ1v) is 7.12. The number of esters is 1. The molecule has 0 unspecified atom stereocenters. The average Bonchev–Trinajstić information content (AvgIpc) is 2.95. The first-order valence-electron chi connectivity index (χ1n) is 7.12. The van der Waals surface area contributed by atoms with Crippen molar-refractivity contribution in [3.8, 4) is 11.5 Å². The summed E-state index contributed by atoms with van der Waals surface area (Å²) < 4.78 is 29.0. The highest BCUT2D eigenvalue weighted by Gasteiger charge is 2.25. The minimum Gasteiger partial charge on any atom is -0.493 e. The van der Waals surface area contributed by atoms with E-state index in [0.717, 1.165) is 0 Å². The van der Waals surface area contributed by atoms with Crippen LogP contribution in [0.15, 0.2) is 53.2 Å². The zero-order valence-corrected chi connectivity index (χ0v) is 13.1. The van der Waals surface area contributed by atoms with Crippen LogP contribution in [0.2, 0.25) is 0 Å². The van der Waals surface area contributed by atoms with Gasteiger partial charge in [-0.15, -0.1) is 0 Å². The van der Waals surface area contributed by atoms with Crippen LogP contribution < -0.4 is 9.47 Å². The molecule has 24 heavy (non-hydrogen) atoms. The average molecular weight is 327 g/mol. The number of para-hydroxylation sites is 1. The standard InChI is InChI=1S/C18H14FNO4/c1-22-15-8-4-5-11(16(15)23-2)10-14-18(21)24-17(20-14)12-6-3-7-13(19)9-12/h3-10H,1-2H3/b14-10+. The van der Waals surface area contributed by atoms with Crippen LogP contribution in [0.1, 0.15) is 11.1 Å². The fraction of sp³-hybridized carbons (Fsp3) is 0.111. The number of aliphatic imine (C=N–C) groups is 1. The summed E-state index contributed by atoms with van der Waals surface area (Å²) in [5.74, 6) is 0.0344. The lowest BCUT2D eigenvalue weighted by atomic mass is 10.1. The minimum absolute atomic E-state index is 0.0626. The van der Waals surface area contributed by atoms with E-state index in [0.29, 0.717) is 22.6 Å². The van der Waals surface area contributed by atoms with Crippen molar-refractivity contribution in [2.75, 3.05) is 14.2 Å². The van der Waals surface area contributed by atoms with Crippen molar-refractivity contribution < 1.29 is 23.4 Å². The molecule has 6 heteroatoms. The number of ether oxygens (including phenoxy) is 3. The number of benzene rings is 2. The number of rotatable bonds is 4. The molecule has 0 aromatic heterocycles. The van der Waals surface area contributed by atoms with Crippen LogP contribution in [-0.4, -0.2) is 26.1 Å². The molecule has 0 fully saturated rings. The Morgan fingerprint density at radius 3 is 2.62 bits per heavy atom. The number of cyclic esters (lactones) is 1. The van der Waals surface area contributed by atoms with Crippen molar-refractivity contribution >= 4 is 17.9 Å². The summed E-state index contributed by atoms with van der Waals surface area (Å²) in [4.78, 5) is 16.2. The quantitative estimate of drug-likeness (QED) is 0.639. The molecule has 1 aliphatic heterocycles. The van der Waals surface area contributed by atoms with Gasteiger partial charge in [0.2, 0.25) is 5.90 Å². The Labute approximate surface area is 138 Å². The normalized spacial score (nSPS) is 15.2. The van der Waals surface area contributed by atoms with Crippen LogP contribution in [-0.2, 0) is 9.53 Å². The molecular weight excluding hydrogens is 313 g/mol. The second-order valence-corrected chi connectivity index (χ2v) is 4.93. The number of carbonyl (C=O) groups is 1. The van der Waals surface area contributed by atoms with Crippen LogP contribution in [0, 0.1) is 5.82 Å². The molecule has 3 rings (SSSR count). The van der Waals surface area contributed by atoms with Crippen LogP contribution in [0.25, 0.3) is 6.08 Å². The highest BCUT2D eigenvalue weighted by atomic mass is 19.1. The molecule has 0 aliphatic carbocycles. The van der Waals surface area contributed by atoms with Crippen molar-refractivity contribution in [3.63, 3.8) is 0 Å². The topological polar surface area (TPSA) is 57.1 Å². The molecule has 0 radical (unpaired) electrons. The number of halogens is 1. The van der Waals surface area contributed by atoms with Gasteiger partial charge in [-0.25, -0.2) is 14.2 Å². The van der Waals surface area contributed by atoms with Gasteiger partial charge in [-0.3, -0.25) is 0 Å². The van der Waals surface area contributed by atoms with Crippen molar-refractivity contribution in [1.29, 1.82) is 0 Å². The summed E-state index contributed by atoms with van der Waals surface area (Å²) in [7, 11) is 3.03. The molecule has 0 saturated carbocycles. The Hall–Kier alpha value is -3.15.